The van der Waals surface area contributed by atoms with Crippen LogP contribution in [0.4, 0.5) is 4.39 Å². The van der Waals surface area contributed by atoms with Gasteiger partial charge in [0.25, 0.3) is 0 Å². The first-order valence-corrected chi connectivity index (χ1v) is 6.74. The Kier molecular flexibility index (Phi) is 4.26. The van der Waals surface area contributed by atoms with E-state index >= 15 is 0 Å². The van der Waals surface area contributed by atoms with Crippen molar-refractivity contribution in [3.63, 3.8) is 0 Å². The standard InChI is InChI=1S/C13H14B3FN2O3/c1-6-2-3-8(22-13(14,15)16)9(10(6)17)11-18-5-4-7(19-11)12(20)21/h2-5H,14-16H2,1H3,(H,20,21). The molecule has 110 valence electrons. The molecule has 1 aromatic heterocycles. The summed E-state index contributed by atoms with van der Waals surface area (Å²) in [5.41, 5.74) is 0.270. The fourth-order valence-electron chi connectivity index (χ4n) is 1.88. The van der Waals surface area contributed by atoms with Gasteiger partial charge in [0.2, 0.25) is 0 Å². The van der Waals surface area contributed by atoms with Crippen LogP contribution in [-0.2, 0) is 0 Å². The topological polar surface area (TPSA) is 72.3 Å². The molecule has 2 aromatic rings. The van der Waals surface area contributed by atoms with E-state index in [2.05, 4.69) is 9.97 Å². The zero-order valence-corrected chi connectivity index (χ0v) is 12.8. The predicted molar refractivity (Wildman–Crippen MR) is 88.1 cm³/mol. The Morgan fingerprint density at radius 1 is 1.32 bits per heavy atom. The normalized spacial score (nSPS) is 11.2. The van der Waals surface area contributed by atoms with Crippen molar-refractivity contribution in [1.29, 1.82) is 0 Å². The van der Waals surface area contributed by atoms with Gasteiger partial charge in [-0.1, -0.05) is 6.07 Å². The summed E-state index contributed by atoms with van der Waals surface area (Å²) < 4.78 is 20.3. The molecule has 0 aliphatic carbocycles. The van der Waals surface area contributed by atoms with Crippen LogP contribution < -0.4 is 4.74 Å². The number of rotatable bonds is 4. The Labute approximate surface area is 130 Å². The zero-order chi connectivity index (χ0) is 16.5. The van der Waals surface area contributed by atoms with Crippen LogP contribution in [0, 0.1) is 12.7 Å². The highest BCUT2D eigenvalue weighted by Crippen LogP contribution is 2.33. The number of aromatic nitrogens is 2. The molecule has 9 heteroatoms. The average molecular weight is 298 g/mol. The third-order valence-corrected chi connectivity index (χ3v) is 2.81. The predicted octanol–water partition coefficient (Wildman–Crippen LogP) is -0.821. The van der Waals surface area contributed by atoms with Crippen molar-refractivity contribution in [2.24, 2.45) is 0 Å². The molecule has 0 aliphatic rings. The van der Waals surface area contributed by atoms with E-state index in [4.69, 9.17) is 9.84 Å². The maximum absolute atomic E-state index is 14.5. The van der Waals surface area contributed by atoms with E-state index in [1.165, 1.54) is 12.3 Å². The minimum Gasteiger partial charge on any atom is -0.513 e. The van der Waals surface area contributed by atoms with Crippen LogP contribution in [0.15, 0.2) is 24.4 Å². The smallest absolute Gasteiger partial charge is 0.354 e. The molecule has 0 unspecified atom stereocenters. The number of aromatic carboxylic acids is 1. The van der Waals surface area contributed by atoms with Crippen molar-refractivity contribution in [1.82, 2.24) is 9.97 Å². The lowest BCUT2D eigenvalue weighted by atomic mass is 9.52. The quantitative estimate of drug-likeness (QED) is 0.747. The summed E-state index contributed by atoms with van der Waals surface area (Å²) in [6.07, 6.45) is 1.29. The maximum atomic E-state index is 14.5. The van der Waals surface area contributed by atoms with Crippen LogP contribution in [0.3, 0.4) is 0 Å². The van der Waals surface area contributed by atoms with Crippen molar-refractivity contribution in [3.8, 4) is 17.1 Å². The molecule has 5 nitrogen and oxygen atoms in total. The Hall–Kier alpha value is -2.31. The lowest BCUT2D eigenvalue weighted by molar-refractivity contribution is 0.0690. The molecule has 0 bridgehead atoms. The second-order valence-corrected chi connectivity index (χ2v) is 5.85. The number of nitrogens with zero attached hydrogens (tertiary/aromatic N) is 2. The van der Waals surface area contributed by atoms with Gasteiger partial charge in [-0.15, -0.1) is 0 Å². The highest BCUT2D eigenvalue weighted by molar-refractivity contribution is 6.58. The first-order chi connectivity index (χ1) is 10.2. The van der Waals surface area contributed by atoms with Crippen LogP contribution in [0.5, 0.6) is 5.75 Å². The lowest BCUT2D eigenvalue weighted by Gasteiger charge is -2.24. The Morgan fingerprint density at radius 2 is 2.00 bits per heavy atom. The van der Waals surface area contributed by atoms with E-state index < -0.39 is 17.1 Å². The van der Waals surface area contributed by atoms with Crippen molar-refractivity contribution in [3.05, 3.63) is 41.5 Å². The summed E-state index contributed by atoms with van der Waals surface area (Å²) in [5, 5.41) is 8.48. The van der Waals surface area contributed by atoms with Crippen molar-refractivity contribution >= 4 is 29.5 Å². The number of hydrogen-bond donors (Lipinski definition) is 1. The molecule has 0 radical (unpaired) electrons. The Balaban J connectivity index is 2.64. The van der Waals surface area contributed by atoms with Crippen molar-refractivity contribution in [2.75, 3.05) is 0 Å². The second kappa shape index (κ2) is 5.83. The molecular weight excluding hydrogens is 284 g/mol. The largest absolute Gasteiger partial charge is 0.513 e. The minimum atomic E-state index is -1.20. The van der Waals surface area contributed by atoms with E-state index in [0.29, 0.717) is 5.56 Å². The number of carbonyl (C=O) groups is 1. The molecule has 2 rings (SSSR count). The monoisotopic (exact) mass is 298 g/mol. The van der Waals surface area contributed by atoms with E-state index in [1.54, 1.807) is 19.1 Å². The van der Waals surface area contributed by atoms with Gasteiger partial charge in [-0.25, -0.2) is 19.2 Å². The number of carboxylic acids is 1. The van der Waals surface area contributed by atoms with Gasteiger partial charge in [-0.2, -0.15) is 0 Å². The molecule has 1 heterocycles. The first-order valence-electron chi connectivity index (χ1n) is 6.74. The SMILES string of the molecule is BC(B)(B)Oc1ccc(C)c(F)c1-c1nccc(C(=O)O)n1. The van der Waals surface area contributed by atoms with Gasteiger partial charge < -0.3 is 9.84 Å². The van der Waals surface area contributed by atoms with Gasteiger partial charge in [-0.05, 0) is 24.6 Å². The molecule has 0 fully saturated rings. The lowest BCUT2D eigenvalue weighted by Crippen LogP contribution is -2.37. The molecule has 0 amide bonds. The first kappa shape index (κ1) is 16.1. The average Bonchev–Trinajstić information content (AvgIpc) is 2.42. The molecule has 22 heavy (non-hydrogen) atoms. The van der Waals surface area contributed by atoms with Crippen molar-refractivity contribution < 1.29 is 19.0 Å². The van der Waals surface area contributed by atoms with E-state index in [1.807, 2.05) is 23.5 Å². The van der Waals surface area contributed by atoms with Gasteiger partial charge >= 0.3 is 5.97 Å². The number of benzene rings is 1. The summed E-state index contributed by atoms with van der Waals surface area (Å²) in [4.78, 5) is 18.9. The molecule has 0 aliphatic heterocycles. The zero-order valence-electron chi connectivity index (χ0n) is 12.8. The second-order valence-electron chi connectivity index (χ2n) is 5.85. The van der Waals surface area contributed by atoms with Crippen LogP contribution in [0.1, 0.15) is 16.1 Å². The van der Waals surface area contributed by atoms with Crippen LogP contribution >= 0.6 is 0 Å². The van der Waals surface area contributed by atoms with E-state index in [0.717, 1.165) is 0 Å². The third kappa shape index (κ3) is 3.47. The molecule has 1 aromatic carbocycles. The van der Waals surface area contributed by atoms with E-state index in [9.17, 15) is 9.18 Å². The molecule has 1 N–H and O–H groups in total. The van der Waals surface area contributed by atoms with Crippen LogP contribution in [0.2, 0.25) is 0 Å². The van der Waals surface area contributed by atoms with Crippen LogP contribution in [-0.4, -0.2) is 49.9 Å². The van der Waals surface area contributed by atoms with Crippen LogP contribution in [0.25, 0.3) is 11.4 Å². The summed E-state index contributed by atoms with van der Waals surface area (Å²) in [6, 6.07) is 4.49. The number of carboxylic acid groups (broad SMARTS) is 1. The number of halogens is 1. The van der Waals surface area contributed by atoms with Gasteiger partial charge in [0.15, 0.2) is 11.5 Å². The number of hydrogen-bond acceptors (Lipinski definition) is 4. The minimum absolute atomic E-state index is 0.0136. The molecule has 0 spiro atoms. The Morgan fingerprint density at radius 3 is 2.59 bits per heavy atom. The Bertz CT molecular complexity index is 735. The van der Waals surface area contributed by atoms with Gasteiger partial charge in [-0.3, -0.25) is 0 Å². The highest BCUT2D eigenvalue weighted by Gasteiger charge is 2.22. The summed E-state index contributed by atoms with van der Waals surface area (Å²) in [7, 11) is 5.51. The van der Waals surface area contributed by atoms with Gasteiger partial charge in [0.1, 0.15) is 35.1 Å². The molecule has 0 saturated heterocycles. The molecular formula is C13H14B3FN2O3. The third-order valence-electron chi connectivity index (χ3n) is 2.81. The fraction of sp³-hybridized carbons (Fsp3) is 0.154. The van der Waals surface area contributed by atoms with Gasteiger partial charge in [0.05, 0.1) is 5.56 Å². The number of aryl methyl sites for hydroxylation is 1. The summed E-state index contributed by atoms with van der Waals surface area (Å²) in [5.74, 6) is -1.46. The fourth-order valence-corrected chi connectivity index (χ4v) is 1.88. The van der Waals surface area contributed by atoms with Crippen molar-refractivity contribution in [2.45, 2.75) is 12.2 Å². The molecule has 0 saturated carbocycles. The number of ether oxygens (including phenoxy) is 1. The van der Waals surface area contributed by atoms with E-state index in [-0.39, 0.29) is 22.8 Å². The molecule has 0 atom stereocenters. The van der Waals surface area contributed by atoms with Gasteiger partial charge in [0, 0.05) is 11.5 Å². The summed E-state index contributed by atoms with van der Waals surface area (Å²) >= 11 is 0. The highest BCUT2D eigenvalue weighted by atomic mass is 19.1. The maximum Gasteiger partial charge on any atom is 0.354 e. The summed E-state index contributed by atoms with van der Waals surface area (Å²) in [6.45, 7) is 1.61.